The maximum atomic E-state index is 12.0. The molecular formula is C16H22N2O4. The summed E-state index contributed by atoms with van der Waals surface area (Å²) >= 11 is 0. The summed E-state index contributed by atoms with van der Waals surface area (Å²) in [5.74, 6) is 0. The van der Waals surface area contributed by atoms with Crippen molar-refractivity contribution in [3.05, 3.63) is 35.9 Å². The van der Waals surface area contributed by atoms with Gasteiger partial charge in [-0.05, 0) is 27.2 Å². The third-order valence-corrected chi connectivity index (χ3v) is 3.08. The number of carbonyl (C=O) groups excluding carboxylic acids is 2. The van der Waals surface area contributed by atoms with Crippen LogP contribution in [0, 0.1) is 0 Å². The van der Waals surface area contributed by atoms with E-state index in [4.69, 9.17) is 9.47 Å². The van der Waals surface area contributed by atoms with Gasteiger partial charge < -0.3 is 14.4 Å². The first-order chi connectivity index (χ1) is 10.3. The molecule has 1 atom stereocenters. The highest BCUT2D eigenvalue weighted by atomic mass is 16.6. The predicted octanol–water partition coefficient (Wildman–Crippen LogP) is 3.05. The number of hydrogen-bond donors (Lipinski definition) is 1. The van der Waals surface area contributed by atoms with E-state index in [1.807, 2.05) is 18.2 Å². The van der Waals surface area contributed by atoms with Crippen molar-refractivity contribution >= 4 is 12.2 Å². The molecule has 0 saturated carbocycles. The fourth-order valence-electron chi connectivity index (χ4n) is 1.90. The van der Waals surface area contributed by atoms with Crippen molar-refractivity contribution < 1.29 is 19.1 Å². The molecule has 1 aliphatic heterocycles. The van der Waals surface area contributed by atoms with Crippen LogP contribution in [0.25, 0.3) is 0 Å². The molecule has 1 saturated heterocycles. The lowest BCUT2D eigenvalue weighted by Gasteiger charge is -2.32. The number of alkyl carbamates (subject to hydrolysis) is 1. The maximum Gasteiger partial charge on any atom is 0.411 e. The molecule has 2 rings (SSSR count). The molecule has 1 fully saturated rings. The Morgan fingerprint density at radius 3 is 2.32 bits per heavy atom. The predicted molar refractivity (Wildman–Crippen MR) is 81.2 cm³/mol. The standard InChI is InChI=1S/C16H22N2O4/c1-16(2,3)22-14(19)17-13(12-8-5-4-6-9-12)21-15(20)18-10-7-11-18/h4-6,8-9,13H,7,10-11H2,1-3H3,(H,17,19). The van der Waals surface area contributed by atoms with Gasteiger partial charge in [-0.15, -0.1) is 0 Å². The van der Waals surface area contributed by atoms with Crippen molar-refractivity contribution in [2.45, 2.75) is 39.0 Å². The van der Waals surface area contributed by atoms with E-state index in [0.717, 1.165) is 6.42 Å². The monoisotopic (exact) mass is 306 g/mol. The lowest BCUT2D eigenvalue weighted by atomic mass is 10.2. The van der Waals surface area contributed by atoms with Gasteiger partial charge in [-0.3, -0.25) is 5.32 Å². The molecule has 6 heteroatoms. The van der Waals surface area contributed by atoms with Gasteiger partial charge in [0.25, 0.3) is 0 Å². The van der Waals surface area contributed by atoms with Crippen LogP contribution in [0.2, 0.25) is 0 Å². The molecule has 1 unspecified atom stereocenters. The Morgan fingerprint density at radius 1 is 1.18 bits per heavy atom. The molecule has 0 radical (unpaired) electrons. The normalized spacial score (nSPS) is 15.5. The van der Waals surface area contributed by atoms with Gasteiger partial charge in [-0.1, -0.05) is 30.3 Å². The Balaban J connectivity index is 2.04. The van der Waals surface area contributed by atoms with E-state index < -0.39 is 24.0 Å². The lowest BCUT2D eigenvalue weighted by Crippen LogP contribution is -2.45. The van der Waals surface area contributed by atoms with Crippen LogP contribution >= 0.6 is 0 Å². The number of benzene rings is 1. The van der Waals surface area contributed by atoms with Crippen LogP contribution < -0.4 is 5.32 Å². The first kappa shape index (κ1) is 16.1. The highest BCUT2D eigenvalue weighted by Gasteiger charge is 2.27. The molecule has 0 aliphatic carbocycles. The minimum atomic E-state index is -0.871. The highest BCUT2D eigenvalue weighted by molar-refractivity contribution is 5.71. The van der Waals surface area contributed by atoms with Gasteiger partial charge >= 0.3 is 12.2 Å². The molecule has 1 heterocycles. The van der Waals surface area contributed by atoms with Crippen molar-refractivity contribution in [1.82, 2.24) is 10.2 Å². The summed E-state index contributed by atoms with van der Waals surface area (Å²) in [5.41, 5.74) is 0.0644. The molecule has 0 spiro atoms. The molecule has 1 aliphatic rings. The molecule has 2 amide bonds. The lowest BCUT2D eigenvalue weighted by molar-refractivity contribution is 0.0134. The van der Waals surface area contributed by atoms with E-state index in [2.05, 4.69) is 5.32 Å². The maximum absolute atomic E-state index is 12.0. The number of ether oxygens (including phenoxy) is 2. The van der Waals surface area contributed by atoms with E-state index in [1.165, 1.54) is 0 Å². The summed E-state index contributed by atoms with van der Waals surface area (Å²) in [5, 5.41) is 2.59. The Hall–Kier alpha value is -2.24. The van der Waals surface area contributed by atoms with Crippen molar-refractivity contribution in [2.75, 3.05) is 13.1 Å². The smallest absolute Gasteiger partial charge is 0.411 e. The molecular weight excluding hydrogens is 284 g/mol. The van der Waals surface area contributed by atoms with Gasteiger partial charge in [0.15, 0.2) is 0 Å². The second-order valence-corrected chi connectivity index (χ2v) is 6.16. The summed E-state index contributed by atoms with van der Waals surface area (Å²) in [6.45, 7) is 6.70. The molecule has 1 N–H and O–H groups in total. The van der Waals surface area contributed by atoms with E-state index >= 15 is 0 Å². The first-order valence-electron chi connectivity index (χ1n) is 7.35. The van der Waals surface area contributed by atoms with Crippen molar-refractivity contribution in [2.24, 2.45) is 0 Å². The SMILES string of the molecule is CC(C)(C)OC(=O)NC(OC(=O)N1CCC1)c1ccccc1. The zero-order chi connectivity index (χ0) is 16.2. The molecule has 0 aromatic heterocycles. The zero-order valence-corrected chi connectivity index (χ0v) is 13.2. The zero-order valence-electron chi connectivity index (χ0n) is 13.2. The summed E-state index contributed by atoms with van der Waals surface area (Å²) < 4.78 is 10.6. The van der Waals surface area contributed by atoms with Crippen LogP contribution in [0.15, 0.2) is 30.3 Å². The molecule has 1 aromatic rings. The largest absolute Gasteiger partial charge is 0.444 e. The third kappa shape index (κ3) is 4.65. The molecule has 6 nitrogen and oxygen atoms in total. The summed E-state index contributed by atoms with van der Waals surface area (Å²) in [4.78, 5) is 25.5. The Labute approximate surface area is 130 Å². The average Bonchev–Trinajstić information content (AvgIpc) is 2.34. The molecule has 120 valence electrons. The van der Waals surface area contributed by atoms with Crippen molar-refractivity contribution in [1.29, 1.82) is 0 Å². The Kier molecular flexibility index (Phi) is 4.90. The van der Waals surface area contributed by atoms with Crippen LogP contribution in [0.1, 0.15) is 39.0 Å². The molecule has 1 aromatic carbocycles. The number of likely N-dealkylation sites (tertiary alicyclic amines) is 1. The van der Waals surface area contributed by atoms with Gasteiger partial charge in [0.1, 0.15) is 5.60 Å². The number of nitrogens with one attached hydrogen (secondary N) is 1. The van der Waals surface area contributed by atoms with Crippen LogP contribution in [0.3, 0.4) is 0 Å². The Morgan fingerprint density at radius 2 is 1.82 bits per heavy atom. The number of rotatable bonds is 3. The van der Waals surface area contributed by atoms with Crippen molar-refractivity contribution in [3.8, 4) is 0 Å². The van der Waals surface area contributed by atoms with Crippen molar-refractivity contribution in [3.63, 3.8) is 0 Å². The third-order valence-electron chi connectivity index (χ3n) is 3.08. The summed E-state index contributed by atoms with van der Waals surface area (Å²) in [6.07, 6.45) is -0.956. The van der Waals surface area contributed by atoms with Gasteiger partial charge in [0, 0.05) is 18.7 Å². The minimum Gasteiger partial charge on any atom is -0.444 e. The van der Waals surface area contributed by atoms with Gasteiger partial charge in [0.05, 0.1) is 0 Å². The highest BCUT2D eigenvalue weighted by Crippen LogP contribution is 2.19. The van der Waals surface area contributed by atoms with Crippen LogP contribution in [0.5, 0.6) is 0 Å². The topological polar surface area (TPSA) is 67.9 Å². The van der Waals surface area contributed by atoms with E-state index in [-0.39, 0.29) is 0 Å². The van der Waals surface area contributed by atoms with Gasteiger partial charge in [-0.2, -0.15) is 0 Å². The number of carbonyl (C=O) groups is 2. The number of nitrogens with zero attached hydrogens (tertiary/aromatic N) is 1. The Bertz CT molecular complexity index is 521. The van der Waals surface area contributed by atoms with E-state index in [9.17, 15) is 9.59 Å². The van der Waals surface area contributed by atoms with Gasteiger partial charge in [-0.25, -0.2) is 9.59 Å². The van der Waals surface area contributed by atoms with E-state index in [0.29, 0.717) is 18.7 Å². The first-order valence-corrected chi connectivity index (χ1v) is 7.35. The number of hydrogen-bond acceptors (Lipinski definition) is 4. The molecule has 0 bridgehead atoms. The second-order valence-electron chi connectivity index (χ2n) is 6.16. The average molecular weight is 306 g/mol. The second kappa shape index (κ2) is 6.68. The summed E-state index contributed by atoms with van der Waals surface area (Å²) in [7, 11) is 0. The van der Waals surface area contributed by atoms with Gasteiger partial charge in [0.2, 0.25) is 6.23 Å². The quantitative estimate of drug-likeness (QED) is 0.872. The fourth-order valence-corrected chi connectivity index (χ4v) is 1.90. The van der Waals surface area contributed by atoms with Crippen LogP contribution in [0.4, 0.5) is 9.59 Å². The van der Waals surface area contributed by atoms with Crippen LogP contribution in [-0.2, 0) is 9.47 Å². The fraction of sp³-hybridized carbons (Fsp3) is 0.500. The van der Waals surface area contributed by atoms with Crippen LogP contribution in [-0.4, -0.2) is 35.8 Å². The minimum absolute atomic E-state index is 0.434. The van der Waals surface area contributed by atoms with E-state index in [1.54, 1.807) is 37.8 Å². The number of amides is 2. The molecule has 22 heavy (non-hydrogen) atoms. The summed E-state index contributed by atoms with van der Waals surface area (Å²) in [6, 6.07) is 9.05.